The first-order valence-electron chi connectivity index (χ1n) is 4.16. The summed E-state index contributed by atoms with van der Waals surface area (Å²) in [5.41, 5.74) is 0. The Morgan fingerprint density at radius 3 is 2.00 bits per heavy atom. The number of phenolic OH excluding ortho intramolecular Hbond substituents is 1. The van der Waals surface area contributed by atoms with E-state index in [-0.39, 0.29) is 0 Å². The average Bonchev–Trinajstić information content (AvgIpc) is 2.08. The molecule has 0 amide bonds. The summed E-state index contributed by atoms with van der Waals surface area (Å²) in [5.74, 6) is 0.322. The van der Waals surface area contributed by atoms with Gasteiger partial charge in [-0.15, -0.1) is 0 Å². The summed E-state index contributed by atoms with van der Waals surface area (Å²) >= 11 is 0. The van der Waals surface area contributed by atoms with Crippen LogP contribution in [0.15, 0.2) is 42.5 Å². The molecule has 1 N–H and O–H groups in total. The molecule has 0 unspecified atom stereocenters. The Morgan fingerprint density at radius 1 is 1.25 bits per heavy atom. The molecule has 0 saturated heterocycles. The first kappa shape index (κ1) is 10.8. The molecule has 1 aromatic rings. The molecular formula is C11H16O. The summed E-state index contributed by atoms with van der Waals surface area (Å²) < 4.78 is 0. The van der Waals surface area contributed by atoms with Crippen LogP contribution in [-0.4, -0.2) is 5.11 Å². The van der Waals surface area contributed by atoms with Gasteiger partial charge in [-0.3, -0.25) is 0 Å². The number of rotatable bonds is 1. The molecule has 0 saturated carbocycles. The minimum absolute atomic E-state index is 0.322. The molecule has 66 valence electrons. The van der Waals surface area contributed by atoms with Crippen molar-refractivity contribution in [3.05, 3.63) is 42.5 Å². The highest BCUT2D eigenvalue weighted by Crippen LogP contribution is 2.02. The van der Waals surface area contributed by atoms with Crippen LogP contribution in [0.4, 0.5) is 0 Å². The van der Waals surface area contributed by atoms with Gasteiger partial charge in [-0.25, -0.2) is 0 Å². The number of hydrogen-bond donors (Lipinski definition) is 1. The van der Waals surface area contributed by atoms with Crippen molar-refractivity contribution in [1.82, 2.24) is 0 Å². The van der Waals surface area contributed by atoms with E-state index in [1.54, 1.807) is 24.3 Å². The van der Waals surface area contributed by atoms with Crippen LogP contribution in [0.5, 0.6) is 5.75 Å². The molecule has 12 heavy (non-hydrogen) atoms. The Morgan fingerprint density at radius 2 is 1.83 bits per heavy atom. The molecule has 0 atom stereocenters. The van der Waals surface area contributed by atoms with Crippen molar-refractivity contribution in [2.45, 2.75) is 20.3 Å². The number of phenols is 1. The molecule has 1 aromatic carbocycles. The van der Waals surface area contributed by atoms with Crippen LogP contribution in [-0.2, 0) is 0 Å². The second kappa shape index (κ2) is 7.86. The third-order valence-corrected chi connectivity index (χ3v) is 1.23. The summed E-state index contributed by atoms with van der Waals surface area (Å²) in [5, 5.41) is 8.63. The molecule has 0 radical (unpaired) electrons. The maximum atomic E-state index is 8.63. The summed E-state index contributed by atoms with van der Waals surface area (Å²) in [6, 6.07) is 8.71. The highest BCUT2D eigenvalue weighted by atomic mass is 16.3. The second-order valence-corrected chi connectivity index (χ2v) is 2.31. The molecule has 0 aliphatic carbocycles. The van der Waals surface area contributed by atoms with Crippen LogP contribution >= 0.6 is 0 Å². The molecule has 0 aliphatic heterocycles. The third-order valence-electron chi connectivity index (χ3n) is 1.23. The smallest absolute Gasteiger partial charge is 0.115 e. The van der Waals surface area contributed by atoms with Crippen LogP contribution < -0.4 is 0 Å². The van der Waals surface area contributed by atoms with Gasteiger partial charge in [0, 0.05) is 0 Å². The summed E-state index contributed by atoms with van der Waals surface area (Å²) in [4.78, 5) is 0. The van der Waals surface area contributed by atoms with E-state index in [0.717, 1.165) is 6.42 Å². The molecule has 0 fully saturated rings. The van der Waals surface area contributed by atoms with Crippen LogP contribution in [0.25, 0.3) is 0 Å². The monoisotopic (exact) mass is 164 g/mol. The highest BCUT2D eigenvalue weighted by molar-refractivity contribution is 5.18. The van der Waals surface area contributed by atoms with Crippen molar-refractivity contribution in [2.75, 3.05) is 0 Å². The van der Waals surface area contributed by atoms with Crippen molar-refractivity contribution in [3.63, 3.8) is 0 Å². The van der Waals surface area contributed by atoms with Gasteiger partial charge in [-0.05, 0) is 25.5 Å². The fourth-order valence-electron chi connectivity index (χ4n) is 0.664. The lowest BCUT2D eigenvalue weighted by molar-refractivity contribution is 0.475. The van der Waals surface area contributed by atoms with E-state index in [0.29, 0.717) is 5.75 Å². The molecule has 1 nitrogen and oxygen atoms in total. The molecule has 0 heterocycles. The van der Waals surface area contributed by atoms with Crippen molar-refractivity contribution < 1.29 is 5.11 Å². The first-order chi connectivity index (χ1) is 5.81. The minimum Gasteiger partial charge on any atom is -0.508 e. The summed E-state index contributed by atoms with van der Waals surface area (Å²) in [6.45, 7) is 4.16. The van der Waals surface area contributed by atoms with Crippen LogP contribution in [0, 0.1) is 0 Å². The van der Waals surface area contributed by atoms with Gasteiger partial charge in [0.15, 0.2) is 0 Å². The topological polar surface area (TPSA) is 20.2 Å². The fourth-order valence-corrected chi connectivity index (χ4v) is 0.664. The van der Waals surface area contributed by atoms with Gasteiger partial charge in [0.05, 0.1) is 0 Å². The molecule has 0 aliphatic rings. The number of para-hydroxylation sites is 1. The molecule has 1 rings (SSSR count). The zero-order valence-electron chi connectivity index (χ0n) is 7.70. The molecule has 0 spiro atoms. The van der Waals surface area contributed by atoms with Crippen LogP contribution in [0.2, 0.25) is 0 Å². The van der Waals surface area contributed by atoms with Crippen LogP contribution in [0.3, 0.4) is 0 Å². The Hall–Kier alpha value is -1.24. The normalized spacial score (nSPS) is 9.17. The molecular weight excluding hydrogens is 148 g/mol. The summed E-state index contributed by atoms with van der Waals surface area (Å²) in [6.07, 6.45) is 5.34. The largest absolute Gasteiger partial charge is 0.508 e. The average molecular weight is 164 g/mol. The van der Waals surface area contributed by atoms with Crippen molar-refractivity contribution in [1.29, 1.82) is 0 Å². The van der Waals surface area contributed by atoms with E-state index in [1.165, 1.54) is 0 Å². The lowest BCUT2D eigenvalue weighted by atomic mass is 10.3. The summed E-state index contributed by atoms with van der Waals surface area (Å²) in [7, 11) is 0. The number of benzene rings is 1. The number of aromatic hydroxyl groups is 1. The lowest BCUT2D eigenvalue weighted by Crippen LogP contribution is -1.56. The van der Waals surface area contributed by atoms with Gasteiger partial charge in [0.25, 0.3) is 0 Å². The predicted octanol–water partition coefficient (Wildman–Crippen LogP) is 3.36. The van der Waals surface area contributed by atoms with Crippen LogP contribution in [0.1, 0.15) is 20.3 Å². The first-order valence-corrected chi connectivity index (χ1v) is 4.16. The Kier molecular flexibility index (Phi) is 7.05. The Labute approximate surface area is 74.4 Å². The molecule has 0 bridgehead atoms. The van der Waals surface area contributed by atoms with Gasteiger partial charge < -0.3 is 5.11 Å². The number of hydrogen-bond acceptors (Lipinski definition) is 1. The van der Waals surface area contributed by atoms with E-state index in [4.69, 9.17) is 5.11 Å². The predicted molar refractivity (Wildman–Crippen MR) is 53.2 cm³/mol. The zero-order valence-corrected chi connectivity index (χ0v) is 7.70. The van der Waals surface area contributed by atoms with E-state index in [2.05, 4.69) is 19.1 Å². The van der Waals surface area contributed by atoms with Gasteiger partial charge in [0.1, 0.15) is 5.75 Å². The van der Waals surface area contributed by atoms with Crippen molar-refractivity contribution in [2.24, 2.45) is 0 Å². The van der Waals surface area contributed by atoms with E-state index in [9.17, 15) is 0 Å². The zero-order chi connectivity index (χ0) is 9.23. The van der Waals surface area contributed by atoms with Crippen molar-refractivity contribution in [3.8, 4) is 5.75 Å². The van der Waals surface area contributed by atoms with Crippen molar-refractivity contribution >= 4 is 0 Å². The molecule has 1 heteroatoms. The highest BCUT2D eigenvalue weighted by Gasteiger charge is 1.74. The van der Waals surface area contributed by atoms with Gasteiger partial charge >= 0.3 is 0 Å². The van der Waals surface area contributed by atoms with E-state index >= 15 is 0 Å². The Bertz CT molecular complexity index is 202. The van der Waals surface area contributed by atoms with Gasteiger partial charge in [0.2, 0.25) is 0 Å². The second-order valence-electron chi connectivity index (χ2n) is 2.31. The lowest BCUT2D eigenvalue weighted by Gasteiger charge is -1.82. The fraction of sp³-hybridized carbons (Fsp3) is 0.273. The van der Waals surface area contributed by atoms with E-state index in [1.807, 2.05) is 13.0 Å². The number of allylic oxidation sites excluding steroid dienone is 2. The SMILES string of the molecule is CC=CCC.Oc1ccccc1. The van der Waals surface area contributed by atoms with Gasteiger partial charge in [-0.2, -0.15) is 0 Å². The standard InChI is InChI=1S/C6H6O.C5H10/c7-6-4-2-1-3-5-6;1-3-5-4-2/h1-5,7H;3,5H,4H2,1-2H3. The Balaban J connectivity index is 0.000000217. The van der Waals surface area contributed by atoms with Gasteiger partial charge in [-0.1, -0.05) is 37.3 Å². The maximum absolute atomic E-state index is 8.63. The van der Waals surface area contributed by atoms with E-state index < -0.39 is 0 Å². The third kappa shape index (κ3) is 6.87. The molecule has 0 aromatic heterocycles. The quantitative estimate of drug-likeness (QED) is 0.631. The maximum Gasteiger partial charge on any atom is 0.115 e. The minimum atomic E-state index is 0.322.